The van der Waals surface area contributed by atoms with Crippen LogP contribution in [0.1, 0.15) is 26.8 Å². The van der Waals surface area contributed by atoms with Crippen molar-refractivity contribution < 1.29 is 19.4 Å². The van der Waals surface area contributed by atoms with E-state index in [4.69, 9.17) is 27.9 Å². The first-order valence-corrected chi connectivity index (χ1v) is 14.2. The summed E-state index contributed by atoms with van der Waals surface area (Å²) in [5.74, 6) is -0.686. The van der Waals surface area contributed by atoms with Gasteiger partial charge in [-0.2, -0.15) is 0 Å². The quantitative estimate of drug-likeness (QED) is 0.134. The van der Waals surface area contributed by atoms with Gasteiger partial charge in [-0.25, -0.2) is 0 Å². The van der Waals surface area contributed by atoms with E-state index in [0.29, 0.717) is 36.3 Å². The molecule has 2 aromatic heterocycles. The molecule has 0 bridgehead atoms. The maximum atomic E-state index is 13.4. The highest BCUT2D eigenvalue weighted by Crippen LogP contribution is 2.44. The van der Waals surface area contributed by atoms with Gasteiger partial charge in [0.15, 0.2) is 10.1 Å². The highest BCUT2D eigenvalue weighted by atomic mass is 35.5. The van der Waals surface area contributed by atoms with Crippen LogP contribution in [0.4, 0.5) is 5.13 Å². The number of anilines is 1. The molecule has 12 heteroatoms. The average molecular weight is 591 g/mol. The number of hydrogen-bond acceptors (Lipinski definition) is 9. The molecule has 1 unspecified atom stereocenters. The summed E-state index contributed by atoms with van der Waals surface area (Å²) < 4.78 is 5.95. The number of carbonyl (C=O) groups is 2. The Balaban J connectivity index is 1.49. The van der Waals surface area contributed by atoms with Gasteiger partial charge in [0.25, 0.3) is 5.91 Å². The van der Waals surface area contributed by atoms with Crippen LogP contribution >= 0.6 is 57.6 Å². The smallest absolute Gasteiger partial charge is 0.296 e. The topological polar surface area (TPSA) is 92.6 Å². The molecule has 188 valence electrons. The maximum absolute atomic E-state index is 13.4. The molecule has 2 aromatic carbocycles. The van der Waals surface area contributed by atoms with E-state index in [-0.39, 0.29) is 10.7 Å². The molecule has 0 spiro atoms. The van der Waals surface area contributed by atoms with Crippen molar-refractivity contribution in [3.8, 4) is 5.75 Å². The van der Waals surface area contributed by atoms with Crippen LogP contribution in [0.3, 0.4) is 0 Å². The first-order chi connectivity index (χ1) is 17.9. The predicted molar refractivity (Wildman–Crippen MR) is 147 cm³/mol. The number of thiophene rings is 1. The van der Waals surface area contributed by atoms with Gasteiger partial charge in [-0.1, -0.05) is 70.6 Å². The van der Waals surface area contributed by atoms with E-state index in [2.05, 4.69) is 10.2 Å². The van der Waals surface area contributed by atoms with Crippen molar-refractivity contribution in [2.75, 3.05) is 12.0 Å². The number of halogens is 2. The van der Waals surface area contributed by atoms with Crippen LogP contribution in [-0.2, 0) is 10.5 Å². The second-order valence-corrected chi connectivity index (χ2v) is 11.8. The zero-order valence-corrected chi connectivity index (χ0v) is 23.0. The number of aliphatic hydroxyl groups excluding tert-OH is 1. The predicted octanol–water partition coefficient (Wildman–Crippen LogP) is 6.99. The minimum Gasteiger partial charge on any atom is -0.503 e. The molecule has 37 heavy (non-hydrogen) atoms. The molecule has 1 amide bonds. The number of rotatable bonds is 8. The lowest BCUT2D eigenvalue weighted by Gasteiger charge is -2.24. The molecule has 0 fully saturated rings. The third-order valence-electron chi connectivity index (χ3n) is 5.58. The number of hydrogen-bond donors (Lipinski definition) is 1. The molecule has 1 N–H and O–H groups in total. The number of amides is 1. The Morgan fingerprint density at radius 2 is 2.00 bits per heavy atom. The van der Waals surface area contributed by atoms with Gasteiger partial charge in [0, 0.05) is 15.8 Å². The van der Waals surface area contributed by atoms with E-state index in [0.717, 1.165) is 5.56 Å². The summed E-state index contributed by atoms with van der Waals surface area (Å²) in [4.78, 5) is 28.5. The number of carbonyl (C=O) groups excluding carboxylic acids is 2. The fourth-order valence-electron chi connectivity index (χ4n) is 3.84. The zero-order chi connectivity index (χ0) is 26.1. The first kappa shape index (κ1) is 25.7. The lowest BCUT2D eigenvalue weighted by Crippen LogP contribution is -2.31. The molecular formula is C25H17Cl2N3O4S3. The molecule has 1 atom stereocenters. The monoisotopic (exact) mass is 589 g/mol. The van der Waals surface area contributed by atoms with Crippen molar-refractivity contribution in [1.82, 2.24) is 10.2 Å². The highest BCUT2D eigenvalue weighted by molar-refractivity contribution is 8.00. The summed E-state index contributed by atoms with van der Waals surface area (Å²) in [5, 5.41) is 22.5. The Morgan fingerprint density at radius 3 is 2.73 bits per heavy atom. The van der Waals surface area contributed by atoms with E-state index in [1.54, 1.807) is 53.9 Å². The number of benzene rings is 2. The lowest BCUT2D eigenvalue weighted by atomic mass is 9.95. The number of nitrogens with zero attached hydrogens (tertiary/aromatic N) is 3. The molecule has 0 saturated carbocycles. The standard InChI is InChI=1S/C25H17Cl2N3O4S3/c1-34-16-5-2-4-13(10-16)20-19(21(31)18-6-3-9-35-18)22(32)23(33)30(20)24-28-29-25(37-24)36-12-14-7-8-15(26)11-17(14)27/h2-11,20,32H,12H2,1H3. The van der Waals surface area contributed by atoms with Crippen LogP contribution in [0.2, 0.25) is 10.0 Å². The molecule has 1 aliphatic rings. The number of Topliss-reactive ketones (excluding diaryl/α,β-unsaturated/α-hetero) is 1. The second kappa shape index (κ2) is 10.8. The number of methoxy groups -OCH3 is 1. The van der Waals surface area contributed by atoms with E-state index in [1.807, 2.05) is 6.07 Å². The largest absolute Gasteiger partial charge is 0.503 e. The van der Waals surface area contributed by atoms with Gasteiger partial charge in [0.1, 0.15) is 5.75 Å². The fraction of sp³-hybridized carbons (Fsp3) is 0.120. The van der Waals surface area contributed by atoms with Gasteiger partial charge in [-0.05, 0) is 46.8 Å². The number of thioether (sulfide) groups is 1. The van der Waals surface area contributed by atoms with Gasteiger partial charge >= 0.3 is 0 Å². The number of aromatic nitrogens is 2. The van der Waals surface area contributed by atoms with Crippen molar-refractivity contribution in [2.24, 2.45) is 0 Å². The Morgan fingerprint density at radius 1 is 1.16 bits per heavy atom. The summed E-state index contributed by atoms with van der Waals surface area (Å²) in [6.45, 7) is 0. The van der Waals surface area contributed by atoms with Crippen LogP contribution in [0.5, 0.6) is 5.75 Å². The Bertz CT molecular complexity index is 1520. The van der Waals surface area contributed by atoms with E-state index < -0.39 is 23.5 Å². The number of ketones is 1. The van der Waals surface area contributed by atoms with Gasteiger partial charge in [-0.15, -0.1) is 21.5 Å². The van der Waals surface area contributed by atoms with Gasteiger partial charge in [0.2, 0.25) is 10.9 Å². The molecule has 0 aliphatic carbocycles. The van der Waals surface area contributed by atoms with E-state index in [9.17, 15) is 14.7 Å². The maximum Gasteiger partial charge on any atom is 0.296 e. The van der Waals surface area contributed by atoms with Crippen molar-refractivity contribution in [3.05, 3.63) is 97.4 Å². The Kier molecular flexibility index (Phi) is 7.55. The Labute approximate surface area is 234 Å². The van der Waals surface area contributed by atoms with Crippen LogP contribution in [0, 0.1) is 0 Å². The third kappa shape index (κ3) is 5.12. The highest BCUT2D eigenvalue weighted by Gasteiger charge is 2.46. The third-order valence-corrected chi connectivity index (χ3v) is 9.14. The second-order valence-electron chi connectivity index (χ2n) is 7.80. The fourth-order valence-corrected chi connectivity index (χ4v) is 6.94. The molecule has 0 radical (unpaired) electrons. The summed E-state index contributed by atoms with van der Waals surface area (Å²) in [6.07, 6.45) is 0. The first-order valence-electron chi connectivity index (χ1n) is 10.8. The van der Waals surface area contributed by atoms with Crippen LogP contribution in [0.15, 0.2) is 75.6 Å². The van der Waals surface area contributed by atoms with Gasteiger partial charge < -0.3 is 9.84 Å². The molecule has 1 aliphatic heterocycles. The molecule has 0 saturated heterocycles. The van der Waals surface area contributed by atoms with Crippen LogP contribution in [0.25, 0.3) is 0 Å². The molecule has 3 heterocycles. The van der Waals surface area contributed by atoms with Crippen molar-refractivity contribution in [2.45, 2.75) is 16.1 Å². The van der Waals surface area contributed by atoms with Crippen LogP contribution < -0.4 is 9.64 Å². The molecule has 7 nitrogen and oxygen atoms in total. The van der Waals surface area contributed by atoms with E-state index >= 15 is 0 Å². The van der Waals surface area contributed by atoms with Crippen molar-refractivity contribution in [1.29, 1.82) is 0 Å². The lowest BCUT2D eigenvalue weighted by molar-refractivity contribution is -0.117. The van der Waals surface area contributed by atoms with Crippen LogP contribution in [-0.4, -0.2) is 34.1 Å². The minimum atomic E-state index is -0.909. The summed E-state index contributed by atoms with van der Waals surface area (Å²) >= 11 is 16.1. The zero-order valence-electron chi connectivity index (χ0n) is 19.1. The summed E-state index contributed by atoms with van der Waals surface area (Å²) in [5.41, 5.74) is 1.45. The van der Waals surface area contributed by atoms with Crippen molar-refractivity contribution in [3.63, 3.8) is 0 Å². The number of ether oxygens (including phenoxy) is 1. The molecule has 5 rings (SSSR count). The summed E-state index contributed by atoms with van der Waals surface area (Å²) in [7, 11) is 1.53. The normalized spacial score (nSPS) is 15.5. The SMILES string of the molecule is COc1cccc(C2C(C(=O)c3cccs3)=C(O)C(=O)N2c2nnc(SCc3ccc(Cl)cc3Cl)s2)c1. The minimum absolute atomic E-state index is 0.0157. The van der Waals surface area contributed by atoms with E-state index in [1.165, 1.54) is 46.4 Å². The van der Waals surface area contributed by atoms with Gasteiger partial charge in [0.05, 0.1) is 23.6 Å². The number of aliphatic hydroxyl groups is 1. The van der Waals surface area contributed by atoms with Gasteiger partial charge in [-0.3, -0.25) is 14.5 Å². The molecular weight excluding hydrogens is 573 g/mol. The molecule has 4 aromatic rings. The average Bonchev–Trinajstić information content (AvgIpc) is 3.64. The Hall–Kier alpha value is -2.89. The summed E-state index contributed by atoms with van der Waals surface area (Å²) in [6, 6.07) is 14.8. The van der Waals surface area contributed by atoms with Crippen molar-refractivity contribution >= 4 is 74.5 Å².